The molecule has 2 fully saturated rings. The van der Waals surface area contributed by atoms with Gasteiger partial charge in [0.15, 0.2) is 0 Å². The van der Waals surface area contributed by atoms with E-state index in [1.807, 2.05) is 23.1 Å². The lowest BCUT2D eigenvalue weighted by atomic mass is 9.62. The van der Waals surface area contributed by atoms with Crippen molar-refractivity contribution < 1.29 is 13.6 Å². The minimum absolute atomic E-state index is 0.00821. The first-order valence-corrected chi connectivity index (χ1v) is 8.70. The number of carbonyl (C=O) groups excluding carboxylic acids is 1. The lowest BCUT2D eigenvalue weighted by Gasteiger charge is -2.61. The number of carbonyl (C=O) groups is 1. The smallest absolute Gasteiger partial charge is 0.314 e. The van der Waals surface area contributed by atoms with Gasteiger partial charge >= 0.3 is 6.03 Å². The molecule has 1 saturated heterocycles. The van der Waals surface area contributed by atoms with Gasteiger partial charge in [-0.3, -0.25) is 0 Å². The highest BCUT2D eigenvalue weighted by molar-refractivity contribution is 5.91. The number of benzene rings is 2. The van der Waals surface area contributed by atoms with Gasteiger partial charge in [0.25, 0.3) is 0 Å². The van der Waals surface area contributed by atoms with Gasteiger partial charge in [0.1, 0.15) is 11.6 Å². The van der Waals surface area contributed by atoms with Crippen molar-refractivity contribution >= 4 is 11.7 Å². The molecule has 1 saturated carbocycles. The standard InChI is InChI=1S/C20H20F2N2O/c21-16-9-10-18(17(22)12-16)23-19(25)24-13-15-8-4-5-11-20(15,24)14-6-2-1-3-7-14/h1-3,6-7,9-10,12,15H,4-5,8,11,13H2,(H,23,25)/t15-,20-/m0/s1. The molecule has 130 valence electrons. The van der Waals surface area contributed by atoms with Crippen LogP contribution in [-0.4, -0.2) is 17.5 Å². The number of rotatable bonds is 2. The molecule has 2 atom stereocenters. The number of hydrogen-bond donors (Lipinski definition) is 1. The number of nitrogens with one attached hydrogen (secondary N) is 1. The zero-order valence-corrected chi connectivity index (χ0v) is 13.8. The van der Waals surface area contributed by atoms with Crippen LogP contribution in [0.25, 0.3) is 0 Å². The van der Waals surface area contributed by atoms with E-state index in [-0.39, 0.29) is 17.3 Å². The summed E-state index contributed by atoms with van der Waals surface area (Å²) < 4.78 is 26.9. The molecule has 2 aliphatic rings. The first-order chi connectivity index (χ1) is 12.1. The van der Waals surface area contributed by atoms with Crippen molar-refractivity contribution in [3.8, 4) is 0 Å². The molecule has 25 heavy (non-hydrogen) atoms. The maximum atomic E-state index is 13.9. The van der Waals surface area contributed by atoms with Gasteiger partial charge in [-0.25, -0.2) is 13.6 Å². The molecular weight excluding hydrogens is 322 g/mol. The van der Waals surface area contributed by atoms with Gasteiger partial charge in [0.2, 0.25) is 0 Å². The zero-order chi connectivity index (χ0) is 17.4. The van der Waals surface area contributed by atoms with Crippen LogP contribution in [0, 0.1) is 17.6 Å². The van der Waals surface area contributed by atoms with E-state index < -0.39 is 11.6 Å². The van der Waals surface area contributed by atoms with Crippen LogP contribution in [0.5, 0.6) is 0 Å². The minimum atomic E-state index is -0.761. The molecule has 1 aliphatic carbocycles. The SMILES string of the molecule is O=C(Nc1ccc(F)cc1F)N1C[C@@H]2CCCC[C@]21c1ccccc1. The number of likely N-dealkylation sites (tertiary alicyclic amines) is 1. The van der Waals surface area contributed by atoms with E-state index in [0.29, 0.717) is 12.5 Å². The number of amides is 2. The van der Waals surface area contributed by atoms with Crippen molar-refractivity contribution in [2.45, 2.75) is 31.2 Å². The van der Waals surface area contributed by atoms with E-state index in [0.717, 1.165) is 37.0 Å². The van der Waals surface area contributed by atoms with Crippen molar-refractivity contribution in [2.24, 2.45) is 5.92 Å². The predicted octanol–water partition coefficient (Wildman–Crippen LogP) is 4.90. The van der Waals surface area contributed by atoms with Gasteiger partial charge in [-0.2, -0.15) is 0 Å². The Morgan fingerprint density at radius 3 is 2.64 bits per heavy atom. The Morgan fingerprint density at radius 1 is 1.12 bits per heavy atom. The van der Waals surface area contributed by atoms with Gasteiger partial charge in [0, 0.05) is 18.5 Å². The monoisotopic (exact) mass is 342 g/mol. The summed E-state index contributed by atoms with van der Waals surface area (Å²) in [5.74, 6) is -0.983. The third-order valence-corrected chi connectivity index (χ3v) is 5.61. The van der Waals surface area contributed by atoms with Gasteiger partial charge in [0.05, 0.1) is 11.2 Å². The largest absolute Gasteiger partial charge is 0.322 e. The van der Waals surface area contributed by atoms with Crippen molar-refractivity contribution in [3.63, 3.8) is 0 Å². The van der Waals surface area contributed by atoms with Crippen LogP contribution >= 0.6 is 0 Å². The molecule has 0 spiro atoms. The van der Waals surface area contributed by atoms with Gasteiger partial charge in [-0.15, -0.1) is 0 Å². The Morgan fingerprint density at radius 2 is 1.92 bits per heavy atom. The maximum absolute atomic E-state index is 13.9. The Bertz CT molecular complexity index is 796. The third-order valence-electron chi connectivity index (χ3n) is 5.61. The summed E-state index contributed by atoms with van der Waals surface area (Å²) in [6.45, 7) is 0.670. The number of nitrogens with zero attached hydrogens (tertiary/aromatic N) is 1. The molecule has 0 bridgehead atoms. The molecule has 1 N–H and O–H groups in total. The fraction of sp³-hybridized carbons (Fsp3) is 0.350. The van der Waals surface area contributed by atoms with E-state index in [9.17, 15) is 13.6 Å². The minimum Gasteiger partial charge on any atom is -0.314 e. The van der Waals surface area contributed by atoms with E-state index in [1.54, 1.807) is 0 Å². The highest BCUT2D eigenvalue weighted by atomic mass is 19.1. The second-order valence-electron chi connectivity index (χ2n) is 6.90. The van der Waals surface area contributed by atoms with Crippen LogP contribution in [-0.2, 0) is 5.54 Å². The molecule has 4 rings (SSSR count). The van der Waals surface area contributed by atoms with Crippen LogP contribution in [0.2, 0.25) is 0 Å². The first kappa shape index (κ1) is 16.1. The average molecular weight is 342 g/mol. The van der Waals surface area contributed by atoms with E-state index in [4.69, 9.17) is 0 Å². The molecule has 1 heterocycles. The van der Waals surface area contributed by atoms with Crippen molar-refractivity contribution in [3.05, 3.63) is 65.7 Å². The summed E-state index contributed by atoms with van der Waals surface area (Å²) in [6.07, 6.45) is 4.27. The van der Waals surface area contributed by atoms with E-state index >= 15 is 0 Å². The highest BCUT2D eigenvalue weighted by Gasteiger charge is 2.57. The van der Waals surface area contributed by atoms with E-state index in [2.05, 4.69) is 17.4 Å². The molecule has 3 nitrogen and oxygen atoms in total. The molecule has 0 radical (unpaired) electrons. The van der Waals surface area contributed by atoms with Crippen LogP contribution in [0.3, 0.4) is 0 Å². The molecule has 0 unspecified atom stereocenters. The zero-order valence-electron chi connectivity index (χ0n) is 13.8. The van der Waals surface area contributed by atoms with Crippen LogP contribution in [0.1, 0.15) is 31.2 Å². The third kappa shape index (κ3) is 2.58. The average Bonchev–Trinajstić information content (AvgIpc) is 2.59. The number of halogens is 2. The highest BCUT2D eigenvalue weighted by Crippen LogP contribution is 2.53. The molecule has 2 amide bonds. The molecule has 0 aromatic heterocycles. The quantitative estimate of drug-likeness (QED) is 0.827. The molecule has 2 aromatic rings. The summed E-state index contributed by atoms with van der Waals surface area (Å²) in [5, 5.41) is 2.61. The van der Waals surface area contributed by atoms with Crippen LogP contribution in [0.15, 0.2) is 48.5 Å². The summed E-state index contributed by atoms with van der Waals surface area (Å²) in [4.78, 5) is 14.6. The number of anilines is 1. The van der Waals surface area contributed by atoms with Crippen molar-refractivity contribution in [1.29, 1.82) is 0 Å². The van der Waals surface area contributed by atoms with Crippen molar-refractivity contribution in [2.75, 3.05) is 11.9 Å². The molecular formula is C20H20F2N2O. The van der Waals surface area contributed by atoms with Gasteiger partial charge in [-0.05, 0) is 30.5 Å². The van der Waals surface area contributed by atoms with E-state index in [1.165, 1.54) is 12.5 Å². The maximum Gasteiger partial charge on any atom is 0.322 e. The van der Waals surface area contributed by atoms with Gasteiger partial charge < -0.3 is 10.2 Å². The number of urea groups is 1. The lowest BCUT2D eigenvalue weighted by molar-refractivity contribution is -0.0756. The summed E-state index contributed by atoms with van der Waals surface area (Å²) in [6, 6.07) is 12.9. The number of fused-ring (bicyclic) bond motifs is 1. The summed E-state index contributed by atoms with van der Waals surface area (Å²) in [5.41, 5.74) is 0.842. The van der Waals surface area contributed by atoms with Crippen molar-refractivity contribution in [1.82, 2.24) is 4.90 Å². The van der Waals surface area contributed by atoms with Crippen LogP contribution < -0.4 is 5.32 Å². The fourth-order valence-electron chi connectivity index (χ4n) is 4.40. The topological polar surface area (TPSA) is 32.3 Å². The summed E-state index contributed by atoms with van der Waals surface area (Å²) >= 11 is 0. The second-order valence-corrected chi connectivity index (χ2v) is 6.90. The first-order valence-electron chi connectivity index (χ1n) is 8.70. The Hall–Kier alpha value is -2.43. The van der Waals surface area contributed by atoms with Gasteiger partial charge in [-0.1, -0.05) is 43.2 Å². The lowest BCUT2D eigenvalue weighted by Crippen LogP contribution is -2.68. The number of hydrogen-bond acceptors (Lipinski definition) is 1. The normalized spacial score (nSPS) is 25.0. The molecule has 1 aliphatic heterocycles. The Labute approximate surface area is 145 Å². The Balaban J connectivity index is 1.62. The Kier molecular flexibility index (Phi) is 3.94. The second kappa shape index (κ2) is 6.14. The fourth-order valence-corrected chi connectivity index (χ4v) is 4.40. The predicted molar refractivity (Wildman–Crippen MR) is 92.2 cm³/mol. The summed E-state index contributed by atoms with van der Waals surface area (Å²) in [7, 11) is 0. The molecule has 2 aromatic carbocycles. The molecule has 5 heteroatoms. The van der Waals surface area contributed by atoms with Crippen LogP contribution in [0.4, 0.5) is 19.3 Å².